The molecular weight excluding hydrogens is 202 g/mol. The summed E-state index contributed by atoms with van der Waals surface area (Å²) in [6, 6.07) is 5.64. The molecule has 4 nitrogen and oxygen atoms in total. The second-order valence-corrected chi connectivity index (χ2v) is 5.55. The Morgan fingerprint density at radius 3 is 2.21 bits per heavy atom. The molecule has 76 valence electrons. The molecule has 0 bridgehead atoms. The number of hydrogen-bond acceptors (Lipinski definition) is 4. The number of phenols is 1. The first-order valence-corrected chi connectivity index (χ1v) is 5.89. The first kappa shape index (κ1) is 9.48. The van der Waals surface area contributed by atoms with Crippen LogP contribution in [0.5, 0.6) is 5.75 Å². The predicted molar refractivity (Wildman–Crippen MR) is 52.0 cm³/mol. The topological polar surface area (TPSA) is 66.4 Å². The van der Waals surface area contributed by atoms with Crippen molar-refractivity contribution in [1.29, 1.82) is 0 Å². The van der Waals surface area contributed by atoms with Gasteiger partial charge in [0.15, 0.2) is 9.84 Å². The SMILES string of the molecule is O=S(=O)(c1ccc(O)cc1)C1CNC1. The summed E-state index contributed by atoms with van der Waals surface area (Å²) in [7, 11) is -3.19. The molecule has 1 aliphatic heterocycles. The van der Waals surface area contributed by atoms with Crippen LogP contribution in [0.3, 0.4) is 0 Å². The van der Waals surface area contributed by atoms with Gasteiger partial charge >= 0.3 is 0 Å². The summed E-state index contributed by atoms with van der Waals surface area (Å²) in [5, 5.41) is 11.6. The van der Waals surface area contributed by atoms with Crippen LogP contribution in [0.4, 0.5) is 0 Å². The van der Waals surface area contributed by atoms with Gasteiger partial charge in [-0.2, -0.15) is 0 Å². The molecule has 0 radical (unpaired) electrons. The van der Waals surface area contributed by atoms with Gasteiger partial charge in [0.25, 0.3) is 0 Å². The summed E-state index contributed by atoms with van der Waals surface area (Å²) >= 11 is 0. The molecule has 0 spiro atoms. The molecule has 1 aromatic rings. The molecule has 0 amide bonds. The third-order valence-electron chi connectivity index (χ3n) is 2.35. The maximum absolute atomic E-state index is 11.8. The number of hydrogen-bond donors (Lipinski definition) is 2. The monoisotopic (exact) mass is 213 g/mol. The third-order valence-corrected chi connectivity index (χ3v) is 4.49. The van der Waals surface area contributed by atoms with Gasteiger partial charge < -0.3 is 10.4 Å². The Morgan fingerprint density at radius 1 is 1.21 bits per heavy atom. The highest BCUT2D eigenvalue weighted by molar-refractivity contribution is 7.92. The van der Waals surface area contributed by atoms with Gasteiger partial charge in [-0.15, -0.1) is 0 Å². The van der Waals surface area contributed by atoms with Crippen LogP contribution in [0.1, 0.15) is 0 Å². The second-order valence-electron chi connectivity index (χ2n) is 3.32. The lowest BCUT2D eigenvalue weighted by molar-refractivity contribution is 0.474. The van der Waals surface area contributed by atoms with Crippen molar-refractivity contribution < 1.29 is 13.5 Å². The average Bonchev–Trinajstić information content (AvgIpc) is 2.00. The van der Waals surface area contributed by atoms with Crippen molar-refractivity contribution >= 4 is 9.84 Å². The quantitative estimate of drug-likeness (QED) is 0.733. The van der Waals surface area contributed by atoms with Crippen LogP contribution in [0.25, 0.3) is 0 Å². The van der Waals surface area contributed by atoms with Gasteiger partial charge in [-0.1, -0.05) is 0 Å². The zero-order valence-corrected chi connectivity index (χ0v) is 8.29. The Hall–Kier alpha value is -1.07. The highest BCUT2D eigenvalue weighted by Crippen LogP contribution is 2.20. The van der Waals surface area contributed by atoms with E-state index in [1.54, 1.807) is 0 Å². The Bertz CT molecular complexity index is 420. The van der Waals surface area contributed by atoms with E-state index in [9.17, 15) is 8.42 Å². The zero-order valence-electron chi connectivity index (χ0n) is 7.47. The summed E-state index contributed by atoms with van der Waals surface area (Å²) in [5.74, 6) is 0.0793. The van der Waals surface area contributed by atoms with Crippen molar-refractivity contribution in [2.75, 3.05) is 13.1 Å². The van der Waals surface area contributed by atoms with E-state index in [1.165, 1.54) is 24.3 Å². The predicted octanol–water partition coefficient (Wildman–Crippen LogP) is 0.138. The molecule has 1 aliphatic rings. The number of benzene rings is 1. The van der Waals surface area contributed by atoms with Crippen molar-refractivity contribution in [3.63, 3.8) is 0 Å². The third kappa shape index (κ3) is 1.49. The molecule has 1 heterocycles. The Kier molecular flexibility index (Phi) is 2.20. The minimum atomic E-state index is -3.19. The number of aromatic hydroxyl groups is 1. The van der Waals surface area contributed by atoms with Crippen molar-refractivity contribution in [1.82, 2.24) is 5.32 Å². The van der Waals surface area contributed by atoms with Crippen LogP contribution in [-0.4, -0.2) is 31.9 Å². The first-order valence-electron chi connectivity index (χ1n) is 4.34. The molecule has 0 unspecified atom stereocenters. The molecule has 0 atom stereocenters. The average molecular weight is 213 g/mol. The van der Waals surface area contributed by atoms with E-state index in [4.69, 9.17) is 5.11 Å². The van der Waals surface area contributed by atoms with E-state index in [1.807, 2.05) is 0 Å². The maximum Gasteiger partial charge on any atom is 0.183 e. The molecule has 1 fully saturated rings. The molecule has 1 aromatic carbocycles. The molecule has 2 rings (SSSR count). The Labute approximate surface area is 82.5 Å². The van der Waals surface area contributed by atoms with E-state index >= 15 is 0 Å². The normalized spacial score (nSPS) is 17.7. The molecule has 0 aliphatic carbocycles. The number of nitrogens with one attached hydrogen (secondary N) is 1. The van der Waals surface area contributed by atoms with Gasteiger partial charge in [-0.25, -0.2) is 8.42 Å². The summed E-state index contributed by atoms with van der Waals surface area (Å²) in [4.78, 5) is 0.279. The minimum Gasteiger partial charge on any atom is -0.508 e. The first-order chi connectivity index (χ1) is 6.60. The summed E-state index contributed by atoms with van der Waals surface area (Å²) in [6.45, 7) is 1.03. The van der Waals surface area contributed by atoms with Crippen LogP contribution in [-0.2, 0) is 9.84 Å². The van der Waals surface area contributed by atoms with E-state index in [0.717, 1.165) is 0 Å². The Morgan fingerprint density at radius 2 is 1.79 bits per heavy atom. The maximum atomic E-state index is 11.8. The standard InChI is InChI=1S/C9H11NO3S/c11-7-1-3-8(4-2-7)14(12,13)9-5-10-6-9/h1-4,9-11H,5-6H2. The van der Waals surface area contributed by atoms with Gasteiger partial charge in [0.2, 0.25) is 0 Å². The smallest absolute Gasteiger partial charge is 0.183 e. The van der Waals surface area contributed by atoms with Crippen LogP contribution < -0.4 is 5.32 Å². The molecule has 0 saturated carbocycles. The lowest BCUT2D eigenvalue weighted by Crippen LogP contribution is -2.51. The lowest BCUT2D eigenvalue weighted by atomic mass is 10.3. The van der Waals surface area contributed by atoms with E-state index in [0.29, 0.717) is 13.1 Å². The van der Waals surface area contributed by atoms with Crippen LogP contribution >= 0.6 is 0 Å². The number of sulfone groups is 1. The van der Waals surface area contributed by atoms with Crippen molar-refractivity contribution in [2.24, 2.45) is 0 Å². The fourth-order valence-electron chi connectivity index (χ4n) is 1.31. The Balaban J connectivity index is 2.34. The fraction of sp³-hybridized carbons (Fsp3) is 0.333. The van der Waals surface area contributed by atoms with E-state index in [-0.39, 0.29) is 15.9 Å². The van der Waals surface area contributed by atoms with Crippen LogP contribution in [0.15, 0.2) is 29.2 Å². The van der Waals surface area contributed by atoms with Gasteiger partial charge in [0.05, 0.1) is 10.1 Å². The second kappa shape index (κ2) is 3.25. The van der Waals surface area contributed by atoms with Gasteiger partial charge in [-0.3, -0.25) is 0 Å². The van der Waals surface area contributed by atoms with Crippen LogP contribution in [0.2, 0.25) is 0 Å². The molecule has 0 aromatic heterocycles. The van der Waals surface area contributed by atoms with Crippen molar-refractivity contribution in [3.05, 3.63) is 24.3 Å². The molecule has 1 saturated heterocycles. The van der Waals surface area contributed by atoms with Crippen molar-refractivity contribution in [3.8, 4) is 5.75 Å². The zero-order chi connectivity index (χ0) is 10.2. The lowest BCUT2D eigenvalue weighted by Gasteiger charge is -2.26. The largest absolute Gasteiger partial charge is 0.508 e. The summed E-state index contributed by atoms with van der Waals surface area (Å²) in [5.41, 5.74) is 0. The summed E-state index contributed by atoms with van der Waals surface area (Å²) in [6.07, 6.45) is 0. The summed E-state index contributed by atoms with van der Waals surface area (Å²) < 4.78 is 23.6. The molecule has 2 N–H and O–H groups in total. The molecule has 14 heavy (non-hydrogen) atoms. The molecule has 5 heteroatoms. The van der Waals surface area contributed by atoms with Gasteiger partial charge in [-0.05, 0) is 24.3 Å². The van der Waals surface area contributed by atoms with Crippen molar-refractivity contribution in [2.45, 2.75) is 10.1 Å². The highest BCUT2D eigenvalue weighted by Gasteiger charge is 2.32. The highest BCUT2D eigenvalue weighted by atomic mass is 32.2. The van der Waals surface area contributed by atoms with Gasteiger partial charge in [0, 0.05) is 13.1 Å². The van der Waals surface area contributed by atoms with Crippen LogP contribution in [0, 0.1) is 0 Å². The number of rotatable bonds is 2. The van der Waals surface area contributed by atoms with Gasteiger partial charge in [0.1, 0.15) is 5.75 Å². The minimum absolute atomic E-state index is 0.0793. The number of phenolic OH excluding ortho intramolecular Hbond substituents is 1. The molecular formula is C9H11NO3S. The van der Waals surface area contributed by atoms with E-state index < -0.39 is 9.84 Å². The fourth-order valence-corrected chi connectivity index (χ4v) is 2.88. The van der Waals surface area contributed by atoms with E-state index in [2.05, 4.69) is 5.32 Å².